The van der Waals surface area contributed by atoms with Crippen molar-refractivity contribution in [2.24, 2.45) is 0 Å². The molecule has 0 N–H and O–H groups in total. The van der Waals surface area contributed by atoms with E-state index in [-0.39, 0.29) is 67.8 Å². The predicted molar refractivity (Wildman–Crippen MR) is 192 cm³/mol. The van der Waals surface area contributed by atoms with Gasteiger partial charge in [-0.25, -0.2) is 0 Å². The average Bonchev–Trinajstić information content (AvgIpc) is 3.52. The maximum absolute atomic E-state index is 4.02. The molecule has 0 saturated carbocycles. The van der Waals surface area contributed by atoms with E-state index in [0.717, 1.165) is 0 Å². The van der Waals surface area contributed by atoms with Gasteiger partial charge in [-0.1, -0.05) is 173 Å². The van der Waals surface area contributed by atoms with Crippen molar-refractivity contribution < 1.29 is 51.0 Å². The second-order valence-electron chi connectivity index (χ2n) is 15.1. The minimum atomic E-state index is -0.131. The van der Waals surface area contributed by atoms with Crippen LogP contribution in [0.15, 0.2) is 109 Å². The Labute approximate surface area is 319 Å². The van der Waals surface area contributed by atoms with Crippen LogP contribution in [0.5, 0.6) is 0 Å². The molecule has 0 aromatic heterocycles. The molecule has 0 spiro atoms. The summed E-state index contributed by atoms with van der Waals surface area (Å²) in [7, 11) is 0. The van der Waals surface area contributed by atoms with Crippen molar-refractivity contribution >= 4 is 17.7 Å². The van der Waals surface area contributed by atoms with E-state index in [0.29, 0.717) is 0 Å². The Kier molecular flexibility index (Phi) is 11.1. The molecule has 2 aliphatic rings. The first kappa shape index (κ1) is 37.9. The Balaban J connectivity index is 0.00000173. The van der Waals surface area contributed by atoms with E-state index < -0.39 is 0 Å². The van der Waals surface area contributed by atoms with Gasteiger partial charge in [-0.05, 0) is 57.7 Å². The van der Waals surface area contributed by atoms with Crippen molar-refractivity contribution in [2.45, 2.75) is 72.1 Å². The first-order valence-electron chi connectivity index (χ1n) is 16.3. The van der Waals surface area contributed by atoms with Gasteiger partial charge < -0.3 is 24.8 Å². The maximum Gasteiger partial charge on any atom is 3.00 e. The quantitative estimate of drug-likeness (QED) is 0.240. The van der Waals surface area contributed by atoms with Gasteiger partial charge in [-0.15, -0.1) is 34.1 Å². The molecule has 0 aliphatic heterocycles. The molecule has 0 bridgehead atoms. The van der Waals surface area contributed by atoms with Crippen LogP contribution in [0.2, 0.25) is 0 Å². The molecule has 5 aromatic rings. The molecule has 0 heterocycles. The average molecular weight is 746 g/mol. The van der Waals surface area contributed by atoms with Crippen molar-refractivity contribution in [3.05, 3.63) is 169 Å². The summed E-state index contributed by atoms with van der Waals surface area (Å²) in [5.41, 5.74) is 17.1. The Morgan fingerprint density at radius 3 is 1.81 bits per heavy atom. The van der Waals surface area contributed by atoms with Crippen molar-refractivity contribution in [3.63, 3.8) is 0 Å². The Morgan fingerprint density at radius 1 is 0.646 bits per heavy atom. The first-order valence-corrected chi connectivity index (χ1v) is 16.3. The fourth-order valence-corrected chi connectivity index (χ4v) is 7.55. The molecule has 0 nitrogen and oxygen atoms in total. The number of allylic oxidation sites excluding steroid dienone is 1. The summed E-state index contributed by atoms with van der Waals surface area (Å²) < 4.78 is 0. The zero-order valence-electron chi connectivity index (χ0n) is 29.2. The zero-order chi connectivity index (χ0) is 31.7. The summed E-state index contributed by atoms with van der Waals surface area (Å²) in [5.74, 6) is 0.166. The molecule has 48 heavy (non-hydrogen) atoms. The molecule has 0 amide bonds. The van der Waals surface area contributed by atoms with E-state index in [1.807, 2.05) is 0 Å². The Bertz CT molecular complexity index is 2090. The summed E-state index contributed by atoms with van der Waals surface area (Å²) >= 11 is 0. The molecule has 1 unspecified atom stereocenters. The molecule has 3 heteroatoms. The number of rotatable bonds is 3. The van der Waals surface area contributed by atoms with Gasteiger partial charge in [-0.3, -0.25) is 0 Å². The SMILES string of the molecule is CC1=Cc2ccc(C)cc2C1c1c(C(C)(C)C)c(=C(c2ccccc2)c2ccccc2)cc2c1=[C-]c1cc(C(C)(C)C)ccc1-2.[Cl-].[Cl-].[Zr+3]. The van der Waals surface area contributed by atoms with Gasteiger partial charge in [0.2, 0.25) is 0 Å². The molecule has 1 atom stereocenters. The Hall–Kier alpha value is -2.96. The van der Waals surface area contributed by atoms with Gasteiger partial charge >= 0.3 is 26.2 Å². The van der Waals surface area contributed by atoms with Gasteiger partial charge in [0.15, 0.2) is 0 Å². The zero-order valence-corrected chi connectivity index (χ0v) is 33.2. The van der Waals surface area contributed by atoms with Crippen LogP contribution in [0.1, 0.15) is 104 Å². The topological polar surface area (TPSA) is 0 Å². The number of fused-ring (bicyclic) bond motifs is 4. The third-order valence-corrected chi connectivity index (χ3v) is 9.63. The van der Waals surface area contributed by atoms with Crippen molar-refractivity contribution in [1.82, 2.24) is 0 Å². The fourth-order valence-electron chi connectivity index (χ4n) is 7.55. The van der Waals surface area contributed by atoms with E-state index in [1.54, 1.807) is 0 Å². The van der Waals surface area contributed by atoms with Crippen molar-refractivity contribution in [3.8, 4) is 11.1 Å². The molecule has 2 aliphatic carbocycles. The van der Waals surface area contributed by atoms with E-state index in [1.165, 1.54) is 82.8 Å². The third kappa shape index (κ3) is 6.64. The summed E-state index contributed by atoms with van der Waals surface area (Å²) in [6.45, 7) is 18.6. The second kappa shape index (κ2) is 14.1. The second-order valence-corrected chi connectivity index (χ2v) is 15.1. The summed E-state index contributed by atoms with van der Waals surface area (Å²) in [6.07, 6.45) is 6.43. The summed E-state index contributed by atoms with van der Waals surface area (Å²) in [5, 5.41) is 2.58. The van der Waals surface area contributed by atoms with Gasteiger partial charge in [0.05, 0.1) is 0 Å². The standard InChI is InChI=1S/C45H43.2ClH.Zr/c1-28-19-20-32-24-29(2)40(36(32)23-28)42-38-26-33-25-34(44(3,4)5)21-22-35(33)37(38)27-39(43(42)45(6,7)8)41(30-15-11-9-12-16-30)31-17-13-10-14-18-31;;;/h9-25,27,40H,1-8H3;2*1H;/q-1;;;+3/p-2. The minimum Gasteiger partial charge on any atom is -1.00 e. The smallest absolute Gasteiger partial charge is 1.00 e. The van der Waals surface area contributed by atoms with E-state index in [9.17, 15) is 0 Å². The molecule has 5 aromatic carbocycles. The van der Waals surface area contributed by atoms with Crippen LogP contribution in [0.4, 0.5) is 0 Å². The first-order chi connectivity index (χ1) is 21.4. The third-order valence-electron chi connectivity index (χ3n) is 9.63. The number of hydrogen-bond acceptors (Lipinski definition) is 0. The molecule has 241 valence electrons. The van der Waals surface area contributed by atoms with E-state index >= 15 is 0 Å². The molecule has 7 rings (SSSR count). The monoisotopic (exact) mass is 743 g/mol. The minimum absolute atomic E-state index is 0. The number of benzene rings is 5. The van der Waals surface area contributed by atoms with E-state index in [4.69, 9.17) is 0 Å². The van der Waals surface area contributed by atoms with Gasteiger partial charge in [-0.2, -0.15) is 0 Å². The predicted octanol–water partition coefficient (Wildman–Crippen LogP) is 4.08. The molecule has 1 radical (unpaired) electrons. The molecular formula is C45H43Cl2Zr. The van der Waals surface area contributed by atoms with Crippen LogP contribution >= 0.6 is 0 Å². The Morgan fingerprint density at radius 2 is 1.25 bits per heavy atom. The van der Waals surface area contributed by atoms with Crippen LogP contribution in [-0.2, 0) is 37.0 Å². The van der Waals surface area contributed by atoms with Crippen LogP contribution < -0.4 is 35.3 Å². The van der Waals surface area contributed by atoms with E-state index in [2.05, 4.69) is 171 Å². The van der Waals surface area contributed by atoms with Crippen LogP contribution in [0.3, 0.4) is 0 Å². The van der Waals surface area contributed by atoms with Gasteiger partial charge in [0.1, 0.15) is 0 Å². The molecule has 0 fully saturated rings. The normalized spacial score (nSPS) is 14.2. The number of hydrogen-bond donors (Lipinski definition) is 0. The maximum atomic E-state index is 4.02. The molecular weight excluding hydrogens is 703 g/mol. The fraction of sp³-hybridized carbons (Fsp3) is 0.244. The van der Waals surface area contributed by atoms with Crippen LogP contribution in [0, 0.1) is 6.92 Å². The largest absolute Gasteiger partial charge is 3.00 e. The van der Waals surface area contributed by atoms with Gasteiger partial charge in [0.25, 0.3) is 0 Å². The number of aryl methyl sites for hydroxylation is 1. The summed E-state index contributed by atoms with van der Waals surface area (Å²) in [6, 6.07) is 38.5. The van der Waals surface area contributed by atoms with Gasteiger partial charge in [0, 0.05) is 5.92 Å². The molecule has 0 saturated heterocycles. The number of halogens is 2. The van der Waals surface area contributed by atoms with Crippen LogP contribution in [-0.4, -0.2) is 0 Å². The van der Waals surface area contributed by atoms with Crippen molar-refractivity contribution in [2.75, 3.05) is 0 Å². The summed E-state index contributed by atoms with van der Waals surface area (Å²) in [4.78, 5) is 0. The van der Waals surface area contributed by atoms with Crippen molar-refractivity contribution in [1.29, 1.82) is 0 Å². The van der Waals surface area contributed by atoms with Crippen LogP contribution in [0.25, 0.3) is 28.9 Å².